The van der Waals surface area contributed by atoms with E-state index in [0.29, 0.717) is 12.8 Å². The number of rotatable bonds is 8. The van der Waals surface area contributed by atoms with Gasteiger partial charge in [0, 0.05) is 25.5 Å². The van der Waals surface area contributed by atoms with Gasteiger partial charge in [-0.05, 0) is 19.8 Å². The standard InChI is InChI=1S/C15H20O3/c1-12(16)11-14(18-2)9-6-10-15(17)13-7-4-3-5-8-13/h3-5,7-8,14H,6,9-11H2,1-2H3. The topological polar surface area (TPSA) is 43.4 Å². The van der Waals surface area contributed by atoms with Crippen molar-refractivity contribution in [1.82, 2.24) is 0 Å². The van der Waals surface area contributed by atoms with Gasteiger partial charge in [-0.1, -0.05) is 30.3 Å². The van der Waals surface area contributed by atoms with Crippen molar-refractivity contribution in [2.45, 2.75) is 38.7 Å². The molecule has 98 valence electrons. The first-order chi connectivity index (χ1) is 8.63. The number of carbonyl (C=O) groups is 2. The Balaban J connectivity index is 2.33. The molecule has 3 heteroatoms. The van der Waals surface area contributed by atoms with Crippen LogP contribution in [0.1, 0.15) is 43.0 Å². The molecule has 0 aromatic heterocycles. The largest absolute Gasteiger partial charge is 0.381 e. The fourth-order valence-electron chi connectivity index (χ4n) is 1.88. The lowest BCUT2D eigenvalue weighted by molar-refractivity contribution is -0.119. The number of ether oxygens (including phenoxy) is 1. The molecule has 18 heavy (non-hydrogen) atoms. The Morgan fingerprint density at radius 3 is 2.44 bits per heavy atom. The zero-order chi connectivity index (χ0) is 13.4. The summed E-state index contributed by atoms with van der Waals surface area (Å²) in [6, 6.07) is 9.27. The van der Waals surface area contributed by atoms with Crippen molar-refractivity contribution in [3.8, 4) is 0 Å². The molecule has 0 N–H and O–H groups in total. The van der Waals surface area contributed by atoms with Crippen molar-refractivity contribution in [3.63, 3.8) is 0 Å². The van der Waals surface area contributed by atoms with Crippen molar-refractivity contribution >= 4 is 11.6 Å². The van der Waals surface area contributed by atoms with Crippen molar-refractivity contribution < 1.29 is 14.3 Å². The zero-order valence-electron chi connectivity index (χ0n) is 11.0. The number of Topliss-reactive ketones (excluding diaryl/α,β-unsaturated/α-hetero) is 2. The van der Waals surface area contributed by atoms with Crippen LogP contribution >= 0.6 is 0 Å². The van der Waals surface area contributed by atoms with E-state index in [4.69, 9.17) is 4.74 Å². The second kappa shape index (κ2) is 7.77. The van der Waals surface area contributed by atoms with Gasteiger partial charge in [0.15, 0.2) is 5.78 Å². The van der Waals surface area contributed by atoms with Crippen LogP contribution < -0.4 is 0 Å². The van der Waals surface area contributed by atoms with E-state index in [-0.39, 0.29) is 17.7 Å². The quantitative estimate of drug-likeness (QED) is 0.664. The minimum atomic E-state index is -0.0638. The van der Waals surface area contributed by atoms with Crippen LogP contribution in [0.4, 0.5) is 0 Å². The summed E-state index contributed by atoms with van der Waals surface area (Å²) in [5, 5.41) is 0. The first-order valence-electron chi connectivity index (χ1n) is 6.24. The van der Waals surface area contributed by atoms with Crippen LogP contribution in [0.2, 0.25) is 0 Å². The second-order valence-electron chi connectivity index (χ2n) is 4.45. The molecule has 0 saturated carbocycles. The fraction of sp³-hybridized carbons (Fsp3) is 0.467. The summed E-state index contributed by atoms with van der Waals surface area (Å²) in [6.45, 7) is 1.56. The van der Waals surface area contributed by atoms with Crippen molar-refractivity contribution in [1.29, 1.82) is 0 Å². The molecule has 3 nitrogen and oxygen atoms in total. The molecular weight excluding hydrogens is 228 g/mol. The van der Waals surface area contributed by atoms with E-state index in [1.54, 1.807) is 14.0 Å². The molecule has 0 bridgehead atoms. The summed E-state index contributed by atoms with van der Waals surface area (Å²) in [5.41, 5.74) is 0.748. The van der Waals surface area contributed by atoms with E-state index in [1.807, 2.05) is 30.3 Å². The zero-order valence-corrected chi connectivity index (χ0v) is 11.0. The molecule has 0 spiro atoms. The number of benzene rings is 1. The Morgan fingerprint density at radius 2 is 1.89 bits per heavy atom. The minimum absolute atomic E-state index is 0.0638. The van der Waals surface area contributed by atoms with Gasteiger partial charge in [0.25, 0.3) is 0 Å². The van der Waals surface area contributed by atoms with Crippen molar-refractivity contribution in [3.05, 3.63) is 35.9 Å². The number of hydrogen-bond donors (Lipinski definition) is 0. The highest BCUT2D eigenvalue weighted by Gasteiger charge is 2.11. The number of hydrogen-bond acceptors (Lipinski definition) is 3. The van der Waals surface area contributed by atoms with E-state index < -0.39 is 0 Å². The Morgan fingerprint density at radius 1 is 1.22 bits per heavy atom. The molecular formula is C15H20O3. The second-order valence-corrected chi connectivity index (χ2v) is 4.45. The monoisotopic (exact) mass is 248 g/mol. The number of carbonyl (C=O) groups excluding carboxylic acids is 2. The van der Waals surface area contributed by atoms with Crippen molar-refractivity contribution in [2.75, 3.05) is 7.11 Å². The predicted molar refractivity (Wildman–Crippen MR) is 70.7 cm³/mol. The number of methoxy groups -OCH3 is 1. The lowest BCUT2D eigenvalue weighted by atomic mass is 10.0. The van der Waals surface area contributed by atoms with Crippen molar-refractivity contribution in [2.24, 2.45) is 0 Å². The van der Waals surface area contributed by atoms with Crippen LogP contribution in [0.3, 0.4) is 0 Å². The van der Waals surface area contributed by atoms with Crippen LogP contribution in [-0.4, -0.2) is 24.8 Å². The molecule has 1 aromatic rings. The lowest BCUT2D eigenvalue weighted by Crippen LogP contribution is -2.15. The molecule has 0 aliphatic rings. The molecule has 0 aliphatic carbocycles. The maximum absolute atomic E-state index is 11.8. The maximum Gasteiger partial charge on any atom is 0.162 e. The molecule has 0 heterocycles. The highest BCUT2D eigenvalue weighted by Crippen LogP contribution is 2.11. The summed E-state index contributed by atoms with van der Waals surface area (Å²) >= 11 is 0. The van der Waals surface area contributed by atoms with Gasteiger partial charge in [0.05, 0.1) is 6.10 Å². The van der Waals surface area contributed by atoms with E-state index in [1.165, 1.54) is 0 Å². The molecule has 0 fully saturated rings. The van der Waals surface area contributed by atoms with Gasteiger partial charge in [-0.3, -0.25) is 9.59 Å². The van der Waals surface area contributed by atoms with Crippen LogP contribution in [0.5, 0.6) is 0 Å². The van der Waals surface area contributed by atoms with Crippen LogP contribution in [0.25, 0.3) is 0 Å². The van der Waals surface area contributed by atoms with E-state index in [0.717, 1.165) is 18.4 Å². The molecule has 0 aliphatic heterocycles. The van der Waals surface area contributed by atoms with E-state index in [2.05, 4.69) is 0 Å². The Bertz CT molecular complexity index is 384. The van der Waals surface area contributed by atoms with Gasteiger partial charge < -0.3 is 4.74 Å². The summed E-state index contributed by atoms with van der Waals surface area (Å²) < 4.78 is 5.22. The lowest BCUT2D eigenvalue weighted by Gasteiger charge is -2.12. The average Bonchev–Trinajstić information content (AvgIpc) is 2.38. The molecule has 1 rings (SSSR count). The molecule has 0 saturated heterocycles. The average molecular weight is 248 g/mol. The summed E-state index contributed by atoms with van der Waals surface area (Å²) in [4.78, 5) is 22.8. The Hall–Kier alpha value is -1.48. The highest BCUT2D eigenvalue weighted by atomic mass is 16.5. The van der Waals surface area contributed by atoms with Gasteiger partial charge in [-0.25, -0.2) is 0 Å². The third-order valence-corrected chi connectivity index (χ3v) is 2.87. The Labute approximate surface area is 108 Å². The molecule has 1 aromatic carbocycles. The van der Waals surface area contributed by atoms with Gasteiger partial charge >= 0.3 is 0 Å². The first kappa shape index (κ1) is 14.6. The summed E-state index contributed by atoms with van der Waals surface area (Å²) in [7, 11) is 1.60. The van der Waals surface area contributed by atoms with Gasteiger partial charge in [0.2, 0.25) is 0 Å². The molecule has 1 unspecified atom stereocenters. The number of ketones is 2. The highest BCUT2D eigenvalue weighted by molar-refractivity contribution is 5.95. The molecule has 0 radical (unpaired) electrons. The van der Waals surface area contributed by atoms with E-state index >= 15 is 0 Å². The Kier molecular flexibility index (Phi) is 6.29. The van der Waals surface area contributed by atoms with Gasteiger partial charge in [0.1, 0.15) is 5.78 Å². The summed E-state index contributed by atoms with van der Waals surface area (Å²) in [5.74, 6) is 0.268. The first-order valence-corrected chi connectivity index (χ1v) is 6.24. The van der Waals surface area contributed by atoms with Crippen LogP contribution in [0.15, 0.2) is 30.3 Å². The minimum Gasteiger partial charge on any atom is -0.381 e. The SMILES string of the molecule is COC(CCCC(=O)c1ccccc1)CC(C)=O. The predicted octanol–water partition coefficient (Wildman–Crippen LogP) is 3.03. The van der Waals surface area contributed by atoms with Crippen LogP contribution in [-0.2, 0) is 9.53 Å². The van der Waals surface area contributed by atoms with Crippen LogP contribution in [0, 0.1) is 0 Å². The smallest absolute Gasteiger partial charge is 0.162 e. The third-order valence-electron chi connectivity index (χ3n) is 2.87. The van der Waals surface area contributed by atoms with Gasteiger partial charge in [-0.15, -0.1) is 0 Å². The fourth-order valence-corrected chi connectivity index (χ4v) is 1.88. The normalized spacial score (nSPS) is 12.1. The molecule has 0 amide bonds. The summed E-state index contributed by atoms with van der Waals surface area (Å²) in [6.07, 6.45) is 2.36. The molecule has 1 atom stereocenters. The third kappa shape index (κ3) is 5.23. The van der Waals surface area contributed by atoms with Gasteiger partial charge in [-0.2, -0.15) is 0 Å². The van der Waals surface area contributed by atoms with E-state index in [9.17, 15) is 9.59 Å². The maximum atomic E-state index is 11.8.